The van der Waals surface area contributed by atoms with Gasteiger partial charge in [0, 0.05) is 12.0 Å². The number of fused-ring (bicyclic) bond motifs is 1. The summed E-state index contributed by atoms with van der Waals surface area (Å²) < 4.78 is 5.97. The van der Waals surface area contributed by atoms with Crippen LogP contribution in [0.5, 0.6) is 5.75 Å². The molecule has 0 aliphatic carbocycles. The Kier molecular flexibility index (Phi) is 2.95. The van der Waals surface area contributed by atoms with Crippen molar-refractivity contribution in [2.24, 2.45) is 5.16 Å². The number of oxime groups is 1. The monoisotopic (exact) mass is 253 g/mol. The average Bonchev–Trinajstić information content (AvgIpc) is 2.46. The molecular formula is C16H15NO2. The second-order valence-corrected chi connectivity index (χ2v) is 4.78. The predicted molar refractivity (Wildman–Crippen MR) is 73.9 cm³/mol. The molecule has 0 fully saturated rings. The Labute approximate surface area is 112 Å². The summed E-state index contributed by atoms with van der Waals surface area (Å²) in [4.78, 5) is 0. The summed E-state index contributed by atoms with van der Waals surface area (Å²) in [6, 6.07) is 16.0. The molecule has 19 heavy (non-hydrogen) atoms. The first-order valence-electron chi connectivity index (χ1n) is 6.30. The number of rotatable bonds is 1. The number of hydrogen-bond acceptors (Lipinski definition) is 3. The molecular weight excluding hydrogens is 238 g/mol. The van der Waals surface area contributed by atoms with Gasteiger partial charge in [-0.05, 0) is 18.6 Å². The van der Waals surface area contributed by atoms with Gasteiger partial charge >= 0.3 is 0 Å². The topological polar surface area (TPSA) is 41.8 Å². The molecule has 2 aromatic rings. The van der Waals surface area contributed by atoms with Gasteiger partial charge in [-0.2, -0.15) is 0 Å². The highest BCUT2D eigenvalue weighted by molar-refractivity contribution is 5.93. The first-order chi connectivity index (χ1) is 9.28. The molecule has 0 aromatic heterocycles. The van der Waals surface area contributed by atoms with Crippen molar-refractivity contribution in [2.75, 3.05) is 0 Å². The van der Waals surface area contributed by atoms with Gasteiger partial charge < -0.3 is 9.94 Å². The van der Waals surface area contributed by atoms with E-state index in [1.807, 2.05) is 55.5 Å². The first kappa shape index (κ1) is 11.8. The fourth-order valence-corrected chi connectivity index (χ4v) is 2.34. The first-order valence-corrected chi connectivity index (χ1v) is 6.30. The van der Waals surface area contributed by atoms with Crippen LogP contribution in [0.25, 0.3) is 0 Å². The van der Waals surface area contributed by atoms with Crippen molar-refractivity contribution in [3.05, 3.63) is 65.2 Å². The zero-order valence-corrected chi connectivity index (χ0v) is 10.7. The number of benzene rings is 2. The second kappa shape index (κ2) is 4.76. The molecule has 2 aromatic carbocycles. The molecule has 1 aliphatic heterocycles. The van der Waals surface area contributed by atoms with Crippen LogP contribution in [0.3, 0.4) is 0 Å². The summed E-state index contributed by atoms with van der Waals surface area (Å²) >= 11 is 0. The van der Waals surface area contributed by atoms with Gasteiger partial charge in [0.25, 0.3) is 0 Å². The van der Waals surface area contributed by atoms with Crippen molar-refractivity contribution in [1.29, 1.82) is 0 Å². The van der Waals surface area contributed by atoms with E-state index in [1.54, 1.807) is 0 Å². The lowest BCUT2D eigenvalue weighted by Gasteiger charge is -2.27. The maximum Gasteiger partial charge on any atom is 0.165 e. The molecule has 0 bridgehead atoms. The molecule has 1 N–H and O–H groups in total. The maximum atomic E-state index is 9.21. The van der Waals surface area contributed by atoms with Crippen LogP contribution in [0.15, 0.2) is 53.7 Å². The number of hydrogen-bond donors (Lipinski definition) is 1. The van der Waals surface area contributed by atoms with Gasteiger partial charge in [0.05, 0.1) is 0 Å². The molecule has 0 saturated heterocycles. The molecule has 3 heteroatoms. The molecule has 0 radical (unpaired) electrons. The Bertz CT molecular complexity index is 617. The molecule has 1 atom stereocenters. The molecule has 0 spiro atoms. The predicted octanol–water partition coefficient (Wildman–Crippen LogP) is 3.50. The lowest BCUT2D eigenvalue weighted by Crippen LogP contribution is -2.26. The molecule has 1 heterocycles. The zero-order chi connectivity index (χ0) is 13.2. The zero-order valence-electron chi connectivity index (χ0n) is 10.7. The summed E-state index contributed by atoms with van der Waals surface area (Å²) in [7, 11) is 0. The minimum atomic E-state index is -0.305. The van der Waals surface area contributed by atoms with E-state index in [1.165, 1.54) is 5.56 Å². The molecule has 0 amide bonds. The fourth-order valence-electron chi connectivity index (χ4n) is 2.34. The lowest BCUT2D eigenvalue weighted by atomic mass is 9.95. The summed E-state index contributed by atoms with van der Waals surface area (Å²) in [5.41, 5.74) is 3.90. The van der Waals surface area contributed by atoms with Crippen LogP contribution in [-0.2, 0) is 6.42 Å². The highest BCUT2D eigenvalue weighted by atomic mass is 16.5. The summed E-state index contributed by atoms with van der Waals surface area (Å²) in [6.45, 7) is 2.04. The highest BCUT2D eigenvalue weighted by Crippen LogP contribution is 2.33. The molecule has 3 nitrogen and oxygen atoms in total. The second-order valence-electron chi connectivity index (χ2n) is 4.78. The van der Waals surface area contributed by atoms with E-state index in [4.69, 9.17) is 4.74 Å². The van der Waals surface area contributed by atoms with Gasteiger partial charge in [-0.25, -0.2) is 0 Å². The third kappa shape index (κ3) is 2.19. The molecule has 96 valence electrons. The van der Waals surface area contributed by atoms with Gasteiger partial charge in [0.15, 0.2) is 6.10 Å². The van der Waals surface area contributed by atoms with E-state index < -0.39 is 0 Å². The standard InChI is InChI=1S/C16H15NO2/c1-11-6-8-12(9-7-11)16-14(17-18)10-13-4-2-3-5-15(13)19-16/h2-9,16,18H,10H2,1H3. The number of aryl methyl sites for hydroxylation is 1. The third-order valence-corrected chi connectivity index (χ3v) is 3.40. The Morgan fingerprint density at radius 1 is 1.11 bits per heavy atom. The van der Waals surface area contributed by atoms with Crippen molar-refractivity contribution in [3.8, 4) is 5.75 Å². The minimum Gasteiger partial charge on any atom is -0.479 e. The number of nitrogens with zero attached hydrogens (tertiary/aromatic N) is 1. The molecule has 1 aliphatic rings. The van der Waals surface area contributed by atoms with Gasteiger partial charge in [0.2, 0.25) is 0 Å². The summed E-state index contributed by atoms with van der Waals surface area (Å²) in [5.74, 6) is 0.862. The molecule has 1 unspecified atom stereocenters. The van der Waals surface area contributed by atoms with E-state index in [-0.39, 0.29) is 6.10 Å². The molecule has 3 rings (SSSR count). The van der Waals surface area contributed by atoms with E-state index in [9.17, 15) is 5.21 Å². The molecule has 0 saturated carbocycles. The van der Waals surface area contributed by atoms with E-state index in [2.05, 4.69) is 5.16 Å². The quantitative estimate of drug-likeness (QED) is 0.624. The largest absolute Gasteiger partial charge is 0.479 e. The van der Waals surface area contributed by atoms with Crippen LogP contribution < -0.4 is 4.74 Å². The smallest absolute Gasteiger partial charge is 0.165 e. The lowest BCUT2D eigenvalue weighted by molar-refractivity contribution is 0.244. The van der Waals surface area contributed by atoms with Crippen LogP contribution >= 0.6 is 0 Å². The van der Waals surface area contributed by atoms with E-state index in [0.29, 0.717) is 12.1 Å². The van der Waals surface area contributed by atoms with E-state index >= 15 is 0 Å². The fraction of sp³-hybridized carbons (Fsp3) is 0.188. The van der Waals surface area contributed by atoms with Gasteiger partial charge in [-0.1, -0.05) is 53.2 Å². The Hall–Kier alpha value is -2.29. The summed E-state index contributed by atoms with van der Waals surface area (Å²) in [6.07, 6.45) is 0.311. The summed E-state index contributed by atoms with van der Waals surface area (Å²) in [5, 5.41) is 12.6. The van der Waals surface area contributed by atoms with Crippen molar-refractivity contribution < 1.29 is 9.94 Å². The van der Waals surface area contributed by atoms with E-state index in [0.717, 1.165) is 16.9 Å². The third-order valence-electron chi connectivity index (χ3n) is 3.40. The number of ether oxygens (including phenoxy) is 1. The van der Waals surface area contributed by atoms with Crippen LogP contribution in [0.1, 0.15) is 22.8 Å². The Balaban J connectivity index is 2.00. The van der Waals surface area contributed by atoms with Crippen LogP contribution in [0.4, 0.5) is 0 Å². The van der Waals surface area contributed by atoms with Crippen molar-refractivity contribution >= 4 is 5.71 Å². The van der Waals surface area contributed by atoms with Crippen molar-refractivity contribution in [3.63, 3.8) is 0 Å². The average molecular weight is 253 g/mol. The van der Waals surface area contributed by atoms with Gasteiger partial charge in [-0.3, -0.25) is 0 Å². The van der Waals surface area contributed by atoms with Crippen LogP contribution in [0, 0.1) is 6.92 Å². The SMILES string of the molecule is Cc1ccc(C2Oc3ccccc3CC2=NO)cc1. The Morgan fingerprint density at radius 3 is 2.58 bits per heavy atom. The van der Waals surface area contributed by atoms with Gasteiger partial charge in [0.1, 0.15) is 11.5 Å². The highest BCUT2D eigenvalue weighted by Gasteiger charge is 2.27. The normalized spacial score (nSPS) is 19.8. The van der Waals surface area contributed by atoms with Crippen molar-refractivity contribution in [1.82, 2.24) is 0 Å². The van der Waals surface area contributed by atoms with Crippen molar-refractivity contribution in [2.45, 2.75) is 19.4 Å². The Morgan fingerprint density at radius 2 is 1.84 bits per heavy atom. The van der Waals surface area contributed by atoms with Crippen LogP contribution in [-0.4, -0.2) is 10.9 Å². The maximum absolute atomic E-state index is 9.21. The van der Waals surface area contributed by atoms with Gasteiger partial charge in [-0.15, -0.1) is 0 Å². The number of para-hydroxylation sites is 1. The van der Waals surface area contributed by atoms with Crippen LogP contribution in [0.2, 0.25) is 0 Å². The minimum absolute atomic E-state index is 0.305.